The normalized spacial score (nSPS) is 21.7. The van der Waals surface area contributed by atoms with E-state index in [0.717, 1.165) is 35.2 Å². The second-order valence-electron chi connectivity index (χ2n) is 4.51. The third kappa shape index (κ3) is 2.99. The fourth-order valence-corrected chi connectivity index (χ4v) is 3.34. The van der Waals surface area contributed by atoms with Crippen molar-refractivity contribution in [3.63, 3.8) is 0 Å². The third-order valence-electron chi connectivity index (χ3n) is 3.30. The van der Waals surface area contributed by atoms with E-state index in [1.165, 1.54) is 0 Å². The van der Waals surface area contributed by atoms with Crippen molar-refractivity contribution < 1.29 is 9.47 Å². The number of rotatable bonds is 3. The lowest BCUT2D eigenvalue weighted by Crippen LogP contribution is -2.29. The second kappa shape index (κ2) is 6.24. The molecule has 18 heavy (non-hydrogen) atoms. The van der Waals surface area contributed by atoms with E-state index in [1.54, 1.807) is 7.11 Å². The molecule has 0 amide bonds. The molecule has 0 spiro atoms. The van der Waals surface area contributed by atoms with Crippen LogP contribution in [0.3, 0.4) is 0 Å². The molecule has 0 aromatic heterocycles. The van der Waals surface area contributed by atoms with Crippen molar-refractivity contribution in [2.24, 2.45) is 11.7 Å². The van der Waals surface area contributed by atoms with Crippen LogP contribution in [0.15, 0.2) is 16.6 Å². The van der Waals surface area contributed by atoms with E-state index in [1.807, 2.05) is 12.1 Å². The molecule has 1 aromatic carbocycles. The lowest BCUT2D eigenvalue weighted by atomic mass is 9.89. The van der Waals surface area contributed by atoms with Gasteiger partial charge in [-0.25, -0.2) is 0 Å². The molecule has 1 aromatic rings. The molecule has 2 unspecified atom stereocenters. The molecular weight excluding hydrogens is 318 g/mol. The van der Waals surface area contributed by atoms with Gasteiger partial charge in [0.1, 0.15) is 5.75 Å². The molecule has 2 atom stereocenters. The first kappa shape index (κ1) is 14.1. The SMILES string of the molecule is COc1c(Br)cc(Cl)cc1C(N)C1CCCOC1. The predicted molar refractivity (Wildman–Crippen MR) is 76.2 cm³/mol. The molecule has 1 saturated heterocycles. The van der Waals surface area contributed by atoms with Crippen LogP contribution < -0.4 is 10.5 Å². The molecule has 2 rings (SSSR count). The van der Waals surface area contributed by atoms with Crippen LogP contribution in [0, 0.1) is 5.92 Å². The molecule has 1 heterocycles. The van der Waals surface area contributed by atoms with Crippen LogP contribution in [0.1, 0.15) is 24.4 Å². The molecule has 100 valence electrons. The van der Waals surface area contributed by atoms with Gasteiger partial charge in [-0.3, -0.25) is 0 Å². The molecule has 2 N–H and O–H groups in total. The first-order valence-corrected chi connectivity index (χ1v) is 7.17. The highest BCUT2D eigenvalue weighted by Gasteiger charge is 2.26. The summed E-state index contributed by atoms with van der Waals surface area (Å²) in [7, 11) is 1.64. The van der Waals surface area contributed by atoms with Gasteiger partial charge in [-0.15, -0.1) is 0 Å². The van der Waals surface area contributed by atoms with Gasteiger partial charge in [-0.2, -0.15) is 0 Å². The summed E-state index contributed by atoms with van der Waals surface area (Å²) in [6, 6.07) is 3.58. The van der Waals surface area contributed by atoms with Crippen molar-refractivity contribution in [3.05, 3.63) is 27.2 Å². The summed E-state index contributed by atoms with van der Waals surface area (Å²) in [5.41, 5.74) is 7.28. The minimum absolute atomic E-state index is 0.116. The lowest BCUT2D eigenvalue weighted by Gasteiger charge is -2.29. The van der Waals surface area contributed by atoms with Crippen molar-refractivity contribution in [2.45, 2.75) is 18.9 Å². The standard InChI is InChI=1S/C13H17BrClNO2/c1-17-13-10(5-9(15)6-11(13)14)12(16)8-3-2-4-18-7-8/h5-6,8,12H,2-4,7,16H2,1H3. The van der Waals surface area contributed by atoms with Crippen LogP contribution in [-0.4, -0.2) is 20.3 Å². The summed E-state index contributed by atoms with van der Waals surface area (Å²) in [6.07, 6.45) is 2.14. The van der Waals surface area contributed by atoms with Crippen molar-refractivity contribution in [2.75, 3.05) is 20.3 Å². The Balaban J connectivity index is 2.30. The zero-order chi connectivity index (χ0) is 13.1. The van der Waals surface area contributed by atoms with Crippen LogP contribution >= 0.6 is 27.5 Å². The maximum atomic E-state index is 6.34. The number of hydrogen-bond acceptors (Lipinski definition) is 3. The zero-order valence-electron chi connectivity index (χ0n) is 10.3. The van der Waals surface area contributed by atoms with Gasteiger partial charge in [-0.05, 0) is 40.9 Å². The van der Waals surface area contributed by atoms with Crippen molar-refractivity contribution >= 4 is 27.5 Å². The van der Waals surface area contributed by atoms with E-state index in [4.69, 9.17) is 26.8 Å². The van der Waals surface area contributed by atoms with Gasteiger partial charge >= 0.3 is 0 Å². The summed E-state index contributed by atoms with van der Waals surface area (Å²) in [5, 5.41) is 0.657. The maximum absolute atomic E-state index is 6.34. The fraction of sp³-hybridized carbons (Fsp3) is 0.538. The van der Waals surface area contributed by atoms with Crippen LogP contribution in [-0.2, 0) is 4.74 Å². The first-order valence-electron chi connectivity index (χ1n) is 5.99. The molecule has 1 aliphatic heterocycles. The number of ether oxygens (including phenoxy) is 2. The molecule has 5 heteroatoms. The Morgan fingerprint density at radius 1 is 1.56 bits per heavy atom. The smallest absolute Gasteiger partial charge is 0.137 e. The Kier molecular flexibility index (Phi) is 4.90. The Morgan fingerprint density at radius 2 is 2.33 bits per heavy atom. The Hall–Kier alpha value is -0.290. The molecule has 0 bridgehead atoms. The minimum atomic E-state index is -0.116. The predicted octanol–water partition coefficient (Wildman–Crippen LogP) is 3.54. The van der Waals surface area contributed by atoms with Gasteiger partial charge < -0.3 is 15.2 Å². The lowest BCUT2D eigenvalue weighted by molar-refractivity contribution is 0.0444. The van der Waals surface area contributed by atoms with Crippen LogP contribution in [0.4, 0.5) is 0 Å². The zero-order valence-corrected chi connectivity index (χ0v) is 12.6. The van der Waals surface area contributed by atoms with Gasteiger partial charge in [0, 0.05) is 29.2 Å². The molecule has 1 fully saturated rings. The van der Waals surface area contributed by atoms with Crippen molar-refractivity contribution in [1.82, 2.24) is 0 Å². The summed E-state index contributed by atoms with van der Waals surface area (Å²) in [5.74, 6) is 1.08. The van der Waals surface area contributed by atoms with E-state index in [-0.39, 0.29) is 6.04 Å². The van der Waals surface area contributed by atoms with E-state index < -0.39 is 0 Å². The van der Waals surface area contributed by atoms with E-state index in [0.29, 0.717) is 17.5 Å². The van der Waals surface area contributed by atoms with Gasteiger partial charge in [0.2, 0.25) is 0 Å². The largest absolute Gasteiger partial charge is 0.495 e. The van der Waals surface area contributed by atoms with Gasteiger partial charge in [0.25, 0.3) is 0 Å². The van der Waals surface area contributed by atoms with E-state index in [2.05, 4.69) is 15.9 Å². The van der Waals surface area contributed by atoms with Gasteiger partial charge in [-0.1, -0.05) is 11.6 Å². The van der Waals surface area contributed by atoms with E-state index in [9.17, 15) is 0 Å². The summed E-state index contributed by atoms with van der Waals surface area (Å²) >= 11 is 9.54. The average molecular weight is 335 g/mol. The second-order valence-corrected chi connectivity index (χ2v) is 5.80. The summed E-state index contributed by atoms with van der Waals surface area (Å²) in [6.45, 7) is 1.54. The molecule has 0 saturated carbocycles. The van der Waals surface area contributed by atoms with E-state index >= 15 is 0 Å². The topological polar surface area (TPSA) is 44.5 Å². The number of benzene rings is 1. The molecule has 0 radical (unpaired) electrons. The van der Waals surface area contributed by atoms with Crippen molar-refractivity contribution in [1.29, 1.82) is 0 Å². The first-order chi connectivity index (χ1) is 8.63. The van der Waals surface area contributed by atoms with Crippen LogP contribution in [0.25, 0.3) is 0 Å². The molecule has 1 aliphatic rings. The highest BCUT2D eigenvalue weighted by atomic mass is 79.9. The Morgan fingerprint density at radius 3 is 2.94 bits per heavy atom. The highest BCUT2D eigenvalue weighted by Crippen LogP contribution is 2.39. The quantitative estimate of drug-likeness (QED) is 0.919. The number of hydrogen-bond donors (Lipinski definition) is 1. The summed E-state index contributed by atoms with van der Waals surface area (Å²) in [4.78, 5) is 0. The molecule has 0 aliphatic carbocycles. The molecular formula is C13H17BrClNO2. The maximum Gasteiger partial charge on any atom is 0.137 e. The highest BCUT2D eigenvalue weighted by molar-refractivity contribution is 9.10. The monoisotopic (exact) mass is 333 g/mol. The summed E-state index contributed by atoms with van der Waals surface area (Å²) < 4.78 is 11.7. The molecule has 3 nitrogen and oxygen atoms in total. The van der Waals surface area contributed by atoms with Gasteiger partial charge in [0.15, 0.2) is 0 Å². The number of methoxy groups -OCH3 is 1. The minimum Gasteiger partial charge on any atom is -0.495 e. The van der Waals surface area contributed by atoms with Crippen molar-refractivity contribution in [3.8, 4) is 5.75 Å². The third-order valence-corrected chi connectivity index (χ3v) is 4.11. The Labute approximate surface area is 121 Å². The van der Waals surface area contributed by atoms with Crippen LogP contribution in [0.2, 0.25) is 5.02 Å². The number of halogens is 2. The number of nitrogens with two attached hydrogens (primary N) is 1. The fourth-order valence-electron chi connectivity index (χ4n) is 2.35. The van der Waals surface area contributed by atoms with Gasteiger partial charge in [0.05, 0.1) is 18.2 Å². The average Bonchev–Trinajstić information content (AvgIpc) is 2.38. The Bertz CT molecular complexity index is 422. The van der Waals surface area contributed by atoms with Crippen LogP contribution in [0.5, 0.6) is 5.75 Å².